The van der Waals surface area contributed by atoms with E-state index in [4.69, 9.17) is 34.8 Å². The molecule has 160 valence electrons. The minimum Gasteiger partial charge on any atom is -0.364 e. The molecule has 1 N–H and O–H groups in total. The molecule has 2 unspecified atom stereocenters. The van der Waals surface area contributed by atoms with Gasteiger partial charge in [-0.05, 0) is 72.9 Å². The van der Waals surface area contributed by atoms with Crippen LogP contribution in [0.2, 0.25) is 15.1 Å². The number of nitrogens with one attached hydrogen (secondary N) is 1. The van der Waals surface area contributed by atoms with Crippen molar-refractivity contribution in [3.05, 3.63) is 99.0 Å². The number of hydrogen-bond donors (Lipinski definition) is 1. The van der Waals surface area contributed by atoms with Gasteiger partial charge in [0.2, 0.25) is 0 Å². The van der Waals surface area contributed by atoms with Crippen LogP contribution in [0.5, 0.6) is 0 Å². The lowest BCUT2D eigenvalue weighted by atomic mass is 9.88. The van der Waals surface area contributed by atoms with Gasteiger partial charge in [0.15, 0.2) is 0 Å². The fraction of sp³-hybridized carbons (Fsp3) is 0.240. The highest BCUT2D eigenvalue weighted by Gasteiger charge is 2.31. The molecule has 1 fully saturated rings. The predicted molar refractivity (Wildman–Crippen MR) is 130 cm³/mol. The first-order valence-corrected chi connectivity index (χ1v) is 11.4. The van der Waals surface area contributed by atoms with Gasteiger partial charge >= 0.3 is 0 Å². The lowest BCUT2D eigenvalue weighted by Gasteiger charge is -2.42. The predicted octanol–water partition coefficient (Wildman–Crippen LogP) is 7.03. The Labute approximate surface area is 197 Å². The molecule has 0 bridgehead atoms. The number of piperidine rings is 1. The molecule has 3 nitrogen and oxygen atoms in total. The molecule has 31 heavy (non-hydrogen) atoms. The van der Waals surface area contributed by atoms with Gasteiger partial charge in [0.1, 0.15) is 0 Å². The topological polar surface area (TPSA) is 32.3 Å². The van der Waals surface area contributed by atoms with Crippen molar-refractivity contribution in [2.24, 2.45) is 5.92 Å². The van der Waals surface area contributed by atoms with Crippen LogP contribution in [-0.4, -0.2) is 19.0 Å². The Bertz CT molecular complexity index is 1040. The van der Waals surface area contributed by atoms with E-state index in [1.165, 1.54) is 0 Å². The molecule has 0 aromatic heterocycles. The van der Waals surface area contributed by atoms with Gasteiger partial charge in [-0.2, -0.15) is 0 Å². The Hall–Kier alpha value is -2.20. The number of halogens is 3. The Morgan fingerprint density at radius 2 is 1.61 bits per heavy atom. The molecule has 0 spiro atoms. The van der Waals surface area contributed by atoms with Crippen LogP contribution in [0.25, 0.3) is 0 Å². The first kappa shape index (κ1) is 22.0. The lowest BCUT2D eigenvalue weighted by Crippen LogP contribution is -2.42. The number of rotatable bonds is 5. The van der Waals surface area contributed by atoms with E-state index < -0.39 is 0 Å². The van der Waals surface area contributed by atoms with Crippen LogP contribution in [-0.2, 0) is 0 Å². The molecule has 3 aromatic carbocycles. The van der Waals surface area contributed by atoms with Gasteiger partial charge < -0.3 is 10.2 Å². The van der Waals surface area contributed by atoms with Crippen molar-refractivity contribution in [2.45, 2.75) is 18.9 Å². The number of nitrogens with zero attached hydrogens (tertiary/aromatic N) is 1. The third kappa shape index (κ3) is 5.35. The SMILES string of the molecule is O=C(NCC1CCC(c2ccc(Cl)cc2Cl)N(c2ccc(Cl)cc2)C1)c1ccccc1. The Morgan fingerprint density at radius 1 is 0.903 bits per heavy atom. The number of amides is 1. The standard InChI is InChI=1S/C25H23Cl3N2O/c26-19-7-10-21(11-8-19)30-16-17(15-29-25(31)18-4-2-1-3-5-18)6-13-24(30)22-12-9-20(27)14-23(22)28/h1-5,7-12,14,17,24H,6,13,15-16H2,(H,29,31). The molecule has 0 radical (unpaired) electrons. The monoisotopic (exact) mass is 472 g/mol. The summed E-state index contributed by atoms with van der Waals surface area (Å²) < 4.78 is 0. The molecule has 1 aliphatic heterocycles. The highest BCUT2D eigenvalue weighted by molar-refractivity contribution is 6.35. The molecular formula is C25H23Cl3N2O. The summed E-state index contributed by atoms with van der Waals surface area (Å²) in [6, 6.07) is 23.0. The van der Waals surface area contributed by atoms with E-state index in [-0.39, 0.29) is 11.9 Å². The quantitative estimate of drug-likeness (QED) is 0.431. The third-order valence-electron chi connectivity index (χ3n) is 5.75. The second-order valence-corrected chi connectivity index (χ2v) is 9.11. The van der Waals surface area contributed by atoms with Crippen LogP contribution in [0.4, 0.5) is 5.69 Å². The van der Waals surface area contributed by atoms with Crippen LogP contribution in [0.3, 0.4) is 0 Å². The third-order valence-corrected chi connectivity index (χ3v) is 6.56. The minimum absolute atomic E-state index is 0.0403. The largest absolute Gasteiger partial charge is 0.364 e. The van der Waals surface area contributed by atoms with Gasteiger partial charge in [-0.1, -0.05) is 59.1 Å². The minimum atomic E-state index is -0.0403. The number of carbonyl (C=O) groups is 1. The van der Waals surface area contributed by atoms with Gasteiger partial charge in [-0.3, -0.25) is 4.79 Å². The zero-order valence-electron chi connectivity index (χ0n) is 16.9. The number of anilines is 1. The van der Waals surface area contributed by atoms with E-state index in [0.29, 0.717) is 33.1 Å². The molecule has 4 rings (SSSR count). The molecule has 1 saturated heterocycles. The maximum atomic E-state index is 12.5. The van der Waals surface area contributed by atoms with E-state index in [1.54, 1.807) is 6.07 Å². The average Bonchev–Trinajstić information content (AvgIpc) is 2.79. The Kier molecular flexibility index (Phi) is 7.06. The molecule has 2 atom stereocenters. The zero-order valence-corrected chi connectivity index (χ0v) is 19.2. The summed E-state index contributed by atoms with van der Waals surface area (Å²) in [7, 11) is 0. The van der Waals surface area contributed by atoms with Crippen molar-refractivity contribution in [1.82, 2.24) is 5.32 Å². The first-order chi connectivity index (χ1) is 15.0. The fourth-order valence-electron chi connectivity index (χ4n) is 4.15. The van der Waals surface area contributed by atoms with Gasteiger partial charge in [-0.25, -0.2) is 0 Å². The number of benzene rings is 3. The van der Waals surface area contributed by atoms with E-state index in [9.17, 15) is 4.79 Å². The molecule has 1 aliphatic rings. The summed E-state index contributed by atoms with van der Waals surface area (Å²) in [5.74, 6) is 0.284. The van der Waals surface area contributed by atoms with Crippen LogP contribution in [0.15, 0.2) is 72.8 Å². The summed E-state index contributed by atoms with van der Waals surface area (Å²) in [6.45, 7) is 1.43. The number of carbonyl (C=O) groups excluding carboxylic acids is 1. The van der Waals surface area contributed by atoms with Crippen molar-refractivity contribution < 1.29 is 4.79 Å². The Balaban J connectivity index is 1.52. The van der Waals surface area contributed by atoms with E-state index in [0.717, 1.165) is 30.6 Å². The summed E-state index contributed by atoms with van der Waals surface area (Å²) in [4.78, 5) is 14.8. The van der Waals surface area contributed by atoms with Gasteiger partial charge in [0.05, 0.1) is 6.04 Å². The van der Waals surface area contributed by atoms with Crippen molar-refractivity contribution in [2.75, 3.05) is 18.0 Å². The van der Waals surface area contributed by atoms with Gasteiger partial charge in [-0.15, -0.1) is 0 Å². The normalized spacial score (nSPS) is 18.6. The summed E-state index contributed by atoms with van der Waals surface area (Å²) in [6.07, 6.45) is 1.92. The second-order valence-electron chi connectivity index (χ2n) is 7.83. The van der Waals surface area contributed by atoms with Crippen LogP contribution in [0, 0.1) is 5.92 Å². The van der Waals surface area contributed by atoms with Crippen molar-refractivity contribution >= 4 is 46.4 Å². The number of hydrogen-bond acceptors (Lipinski definition) is 2. The van der Waals surface area contributed by atoms with Crippen molar-refractivity contribution in [1.29, 1.82) is 0 Å². The van der Waals surface area contributed by atoms with Crippen molar-refractivity contribution in [3.8, 4) is 0 Å². The van der Waals surface area contributed by atoms with Crippen LogP contribution in [0.1, 0.15) is 34.8 Å². The molecule has 6 heteroatoms. The molecule has 3 aromatic rings. The van der Waals surface area contributed by atoms with Gasteiger partial charge in [0, 0.05) is 39.4 Å². The lowest BCUT2D eigenvalue weighted by molar-refractivity contribution is 0.0945. The highest BCUT2D eigenvalue weighted by Crippen LogP contribution is 2.40. The summed E-state index contributed by atoms with van der Waals surface area (Å²) >= 11 is 18.8. The maximum absolute atomic E-state index is 12.5. The zero-order chi connectivity index (χ0) is 21.8. The van der Waals surface area contributed by atoms with Crippen LogP contribution >= 0.6 is 34.8 Å². The first-order valence-electron chi connectivity index (χ1n) is 10.3. The molecule has 0 aliphatic carbocycles. The van der Waals surface area contributed by atoms with Gasteiger partial charge in [0.25, 0.3) is 5.91 Å². The van der Waals surface area contributed by atoms with E-state index >= 15 is 0 Å². The average molecular weight is 474 g/mol. The molecular weight excluding hydrogens is 451 g/mol. The maximum Gasteiger partial charge on any atom is 0.251 e. The summed E-state index contributed by atoms with van der Waals surface area (Å²) in [5, 5.41) is 5.10. The fourth-order valence-corrected chi connectivity index (χ4v) is 4.81. The van der Waals surface area contributed by atoms with Crippen molar-refractivity contribution in [3.63, 3.8) is 0 Å². The molecule has 0 saturated carbocycles. The second kappa shape index (κ2) is 9.95. The molecule has 1 amide bonds. The highest BCUT2D eigenvalue weighted by atomic mass is 35.5. The van der Waals surface area contributed by atoms with Crippen LogP contribution < -0.4 is 10.2 Å². The summed E-state index contributed by atoms with van der Waals surface area (Å²) in [5.41, 5.74) is 2.82. The molecule has 1 heterocycles. The van der Waals surface area contributed by atoms with E-state index in [1.807, 2.05) is 66.7 Å². The van der Waals surface area contributed by atoms with E-state index in [2.05, 4.69) is 10.2 Å². The Morgan fingerprint density at radius 3 is 2.32 bits per heavy atom. The smallest absolute Gasteiger partial charge is 0.251 e.